The van der Waals surface area contributed by atoms with Crippen LogP contribution in [0.3, 0.4) is 0 Å². The second kappa shape index (κ2) is 10.5. The first-order valence-electron chi connectivity index (χ1n) is 12.0. The molecule has 3 atom stereocenters. The molecule has 8 heteroatoms. The molecule has 0 radical (unpaired) electrons. The Morgan fingerprint density at radius 3 is 2.26 bits per heavy atom. The van der Waals surface area contributed by atoms with E-state index in [4.69, 9.17) is 9.57 Å². The first-order chi connectivity index (χ1) is 16.7. The Morgan fingerprint density at radius 2 is 1.63 bits per heavy atom. The maximum atomic E-state index is 13.3. The summed E-state index contributed by atoms with van der Waals surface area (Å²) in [4.78, 5) is 46.7. The van der Waals surface area contributed by atoms with Crippen LogP contribution in [0, 0.1) is 0 Å². The van der Waals surface area contributed by atoms with E-state index in [0.717, 1.165) is 11.1 Å². The Kier molecular flexibility index (Phi) is 7.40. The van der Waals surface area contributed by atoms with E-state index >= 15 is 0 Å². The van der Waals surface area contributed by atoms with Crippen molar-refractivity contribution < 1.29 is 24.0 Å². The van der Waals surface area contributed by atoms with Crippen LogP contribution in [0.4, 0.5) is 4.79 Å². The summed E-state index contributed by atoms with van der Waals surface area (Å²) >= 11 is 0. The fraction of sp³-hybridized carbons (Fsp3) is 0.444. The van der Waals surface area contributed by atoms with E-state index in [1.165, 1.54) is 5.06 Å². The Hall–Kier alpha value is -3.39. The van der Waals surface area contributed by atoms with E-state index in [-0.39, 0.29) is 24.6 Å². The quantitative estimate of drug-likeness (QED) is 0.586. The molecule has 2 fully saturated rings. The van der Waals surface area contributed by atoms with Gasteiger partial charge in [-0.1, -0.05) is 60.7 Å². The second-order valence-corrected chi connectivity index (χ2v) is 10.1. The first kappa shape index (κ1) is 24.7. The van der Waals surface area contributed by atoms with Crippen LogP contribution >= 0.6 is 0 Å². The largest absolute Gasteiger partial charge is 0.458 e. The molecule has 0 unspecified atom stereocenters. The molecule has 186 valence electrons. The molecule has 8 nitrogen and oxygen atoms in total. The summed E-state index contributed by atoms with van der Waals surface area (Å²) in [5, 5.41) is 4.27. The van der Waals surface area contributed by atoms with Gasteiger partial charge in [0, 0.05) is 13.0 Å². The van der Waals surface area contributed by atoms with Gasteiger partial charge in [0.2, 0.25) is 5.91 Å². The van der Waals surface area contributed by atoms with Crippen molar-refractivity contribution in [2.24, 2.45) is 0 Å². The molecule has 2 heterocycles. The molecule has 0 saturated carbocycles. The summed E-state index contributed by atoms with van der Waals surface area (Å²) in [6.45, 7) is 6.08. The number of carbonyl (C=O) groups excluding carboxylic acids is 3. The number of rotatable bonds is 8. The third kappa shape index (κ3) is 6.19. The van der Waals surface area contributed by atoms with Crippen LogP contribution in [0.25, 0.3) is 0 Å². The number of hydroxylamine groups is 2. The number of benzene rings is 2. The lowest BCUT2D eigenvalue weighted by molar-refractivity contribution is -0.159. The Bertz CT molecular complexity index is 1040. The lowest BCUT2D eigenvalue weighted by Gasteiger charge is -2.31. The van der Waals surface area contributed by atoms with Crippen LogP contribution in [0.1, 0.15) is 44.7 Å². The third-order valence-electron chi connectivity index (χ3n) is 6.13. The standard InChI is InChI=1S/C27H33N3O5/c1-27(2,3)35-25(32)22(16-19-10-6-4-7-11-19)28-24(31)23-15-14-21-17-29(23)26(33)30(21)34-18-20-12-8-5-9-13-20/h4-13,21-23H,14-18H2,1-3H3,(H,28,31)/t21-,22+,23-/m0/s1. The number of amides is 3. The van der Waals surface area contributed by atoms with Gasteiger partial charge in [-0.15, -0.1) is 0 Å². The minimum Gasteiger partial charge on any atom is -0.458 e. The summed E-state index contributed by atoms with van der Waals surface area (Å²) in [6, 6.07) is 17.2. The maximum Gasteiger partial charge on any atom is 0.345 e. The van der Waals surface area contributed by atoms with Gasteiger partial charge in [-0.2, -0.15) is 5.06 Å². The number of esters is 1. The van der Waals surface area contributed by atoms with Crippen LogP contribution < -0.4 is 5.32 Å². The molecule has 0 spiro atoms. The van der Waals surface area contributed by atoms with Gasteiger partial charge >= 0.3 is 12.0 Å². The summed E-state index contributed by atoms with van der Waals surface area (Å²) in [5.41, 5.74) is 1.19. The van der Waals surface area contributed by atoms with Crippen molar-refractivity contribution in [3.05, 3.63) is 71.8 Å². The number of ether oxygens (including phenoxy) is 1. The number of hydrogen-bond acceptors (Lipinski definition) is 5. The molecule has 2 aromatic carbocycles. The molecular formula is C27H33N3O5. The fourth-order valence-corrected chi connectivity index (χ4v) is 4.47. The third-order valence-corrected chi connectivity index (χ3v) is 6.13. The lowest BCUT2D eigenvalue weighted by Crippen LogP contribution is -2.54. The van der Waals surface area contributed by atoms with Crippen molar-refractivity contribution in [1.82, 2.24) is 15.3 Å². The van der Waals surface area contributed by atoms with Crippen LogP contribution in [0.2, 0.25) is 0 Å². The Morgan fingerprint density at radius 1 is 1.00 bits per heavy atom. The Balaban J connectivity index is 1.42. The highest BCUT2D eigenvalue weighted by molar-refractivity contribution is 5.91. The molecule has 2 saturated heterocycles. The van der Waals surface area contributed by atoms with Crippen molar-refractivity contribution in [3.8, 4) is 0 Å². The van der Waals surface area contributed by atoms with Crippen LogP contribution in [-0.4, -0.2) is 58.1 Å². The summed E-state index contributed by atoms with van der Waals surface area (Å²) in [5.74, 6) is -0.850. The van der Waals surface area contributed by atoms with Crippen molar-refractivity contribution >= 4 is 17.9 Å². The van der Waals surface area contributed by atoms with Gasteiger partial charge in [-0.3, -0.25) is 9.63 Å². The number of urea groups is 1. The highest BCUT2D eigenvalue weighted by Gasteiger charge is 2.48. The number of fused-ring (bicyclic) bond motifs is 2. The van der Waals surface area contributed by atoms with Gasteiger partial charge in [0.1, 0.15) is 24.3 Å². The van der Waals surface area contributed by atoms with Crippen LogP contribution in [0.5, 0.6) is 0 Å². The lowest BCUT2D eigenvalue weighted by atomic mass is 9.99. The Labute approximate surface area is 206 Å². The molecule has 3 amide bonds. The van der Waals surface area contributed by atoms with E-state index in [1.807, 2.05) is 60.7 Å². The maximum absolute atomic E-state index is 13.3. The molecule has 35 heavy (non-hydrogen) atoms. The fourth-order valence-electron chi connectivity index (χ4n) is 4.47. The van der Waals surface area contributed by atoms with Crippen molar-refractivity contribution in [2.45, 2.75) is 70.4 Å². The minimum absolute atomic E-state index is 0.0961. The molecule has 4 rings (SSSR count). The van der Waals surface area contributed by atoms with E-state index in [0.29, 0.717) is 25.8 Å². The predicted octanol–water partition coefficient (Wildman–Crippen LogP) is 3.46. The van der Waals surface area contributed by atoms with E-state index in [2.05, 4.69) is 5.32 Å². The molecule has 0 aliphatic carbocycles. The highest BCUT2D eigenvalue weighted by atomic mass is 16.7. The van der Waals surface area contributed by atoms with Crippen LogP contribution in [0.15, 0.2) is 60.7 Å². The van der Waals surface area contributed by atoms with Gasteiger partial charge in [0.15, 0.2) is 0 Å². The van der Waals surface area contributed by atoms with Gasteiger partial charge in [-0.25, -0.2) is 9.59 Å². The molecule has 1 N–H and O–H groups in total. The van der Waals surface area contributed by atoms with Gasteiger partial charge in [0.05, 0.1) is 6.04 Å². The number of nitrogens with one attached hydrogen (secondary N) is 1. The van der Waals surface area contributed by atoms with Crippen molar-refractivity contribution in [1.29, 1.82) is 0 Å². The van der Waals surface area contributed by atoms with Gasteiger partial charge < -0.3 is 15.0 Å². The second-order valence-electron chi connectivity index (χ2n) is 10.1. The monoisotopic (exact) mass is 479 g/mol. The summed E-state index contributed by atoms with van der Waals surface area (Å²) in [7, 11) is 0. The van der Waals surface area contributed by atoms with E-state index < -0.39 is 23.7 Å². The van der Waals surface area contributed by atoms with Crippen molar-refractivity contribution in [3.63, 3.8) is 0 Å². The predicted molar refractivity (Wildman–Crippen MR) is 130 cm³/mol. The average molecular weight is 480 g/mol. The normalized spacial score (nSPS) is 20.5. The topological polar surface area (TPSA) is 88.2 Å². The summed E-state index contributed by atoms with van der Waals surface area (Å²) in [6.07, 6.45) is 1.45. The average Bonchev–Trinajstić information content (AvgIpc) is 3.06. The zero-order chi connectivity index (χ0) is 25.0. The number of hydrogen-bond donors (Lipinski definition) is 1. The SMILES string of the molecule is CC(C)(C)OC(=O)[C@@H](Cc1ccccc1)NC(=O)[C@@H]1CC[C@H]2CN1C(=O)N2OCc1ccccc1. The zero-order valence-electron chi connectivity index (χ0n) is 20.5. The van der Waals surface area contributed by atoms with E-state index in [1.54, 1.807) is 25.7 Å². The van der Waals surface area contributed by atoms with Crippen LogP contribution in [-0.2, 0) is 32.2 Å². The number of piperidine rings is 1. The van der Waals surface area contributed by atoms with Gasteiger partial charge in [-0.05, 0) is 44.7 Å². The molecule has 2 aliphatic heterocycles. The number of nitrogens with zero attached hydrogens (tertiary/aromatic N) is 2. The molecular weight excluding hydrogens is 446 g/mol. The van der Waals surface area contributed by atoms with E-state index in [9.17, 15) is 14.4 Å². The van der Waals surface area contributed by atoms with Crippen molar-refractivity contribution in [2.75, 3.05) is 6.54 Å². The first-order valence-corrected chi connectivity index (χ1v) is 12.0. The number of carbonyl (C=O) groups is 3. The molecule has 0 aromatic heterocycles. The van der Waals surface area contributed by atoms with Gasteiger partial charge in [0.25, 0.3) is 0 Å². The summed E-state index contributed by atoms with van der Waals surface area (Å²) < 4.78 is 5.57. The smallest absolute Gasteiger partial charge is 0.345 e. The highest BCUT2D eigenvalue weighted by Crippen LogP contribution is 2.30. The zero-order valence-corrected chi connectivity index (χ0v) is 20.5. The minimum atomic E-state index is -0.856. The molecule has 2 aromatic rings. The molecule has 2 bridgehead atoms. The molecule has 2 aliphatic rings.